The molecule has 1 aliphatic rings. The number of nitrogens with zero attached hydrogens (tertiary/aromatic N) is 4. The SMILES string of the molecule is COc1ccnc(N2CCC(CNc3cc(C)ccn3)C2)n1. The minimum atomic E-state index is 0.567. The Morgan fingerprint density at radius 2 is 2.18 bits per heavy atom. The van der Waals surface area contributed by atoms with Gasteiger partial charge in [0.1, 0.15) is 5.82 Å². The highest BCUT2D eigenvalue weighted by Crippen LogP contribution is 2.22. The largest absolute Gasteiger partial charge is 0.481 e. The van der Waals surface area contributed by atoms with E-state index in [4.69, 9.17) is 4.74 Å². The third-order valence-corrected chi connectivity index (χ3v) is 3.88. The van der Waals surface area contributed by atoms with Crippen molar-refractivity contribution in [3.05, 3.63) is 36.2 Å². The Bertz CT molecular complexity index is 633. The van der Waals surface area contributed by atoms with Crippen molar-refractivity contribution in [3.8, 4) is 5.88 Å². The highest BCUT2D eigenvalue weighted by Gasteiger charge is 2.24. The summed E-state index contributed by atoms with van der Waals surface area (Å²) in [7, 11) is 1.62. The maximum absolute atomic E-state index is 5.16. The summed E-state index contributed by atoms with van der Waals surface area (Å²) in [4.78, 5) is 15.3. The quantitative estimate of drug-likeness (QED) is 0.912. The number of aryl methyl sites for hydroxylation is 1. The van der Waals surface area contributed by atoms with Crippen molar-refractivity contribution < 1.29 is 4.74 Å². The Kier molecular flexibility index (Phi) is 4.37. The van der Waals surface area contributed by atoms with Gasteiger partial charge in [0.15, 0.2) is 0 Å². The van der Waals surface area contributed by atoms with Gasteiger partial charge >= 0.3 is 0 Å². The number of hydrogen-bond acceptors (Lipinski definition) is 6. The second kappa shape index (κ2) is 6.60. The average Bonchev–Trinajstić information content (AvgIpc) is 3.02. The Hall–Kier alpha value is -2.37. The summed E-state index contributed by atoms with van der Waals surface area (Å²) in [5.74, 6) is 2.86. The van der Waals surface area contributed by atoms with Gasteiger partial charge in [0, 0.05) is 38.1 Å². The van der Waals surface area contributed by atoms with Crippen LogP contribution in [0.25, 0.3) is 0 Å². The van der Waals surface area contributed by atoms with Crippen LogP contribution in [0.5, 0.6) is 5.88 Å². The Morgan fingerprint density at radius 1 is 1.32 bits per heavy atom. The molecule has 1 fully saturated rings. The zero-order valence-electron chi connectivity index (χ0n) is 13.0. The number of rotatable bonds is 5. The van der Waals surface area contributed by atoms with Gasteiger partial charge in [-0.3, -0.25) is 0 Å². The van der Waals surface area contributed by atoms with Crippen LogP contribution in [0.3, 0.4) is 0 Å². The van der Waals surface area contributed by atoms with E-state index in [9.17, 15) is 0 Å². The predicted octanol–water partition coefficient (Wildman–Crippen LogP) is 2.13. The molecule has 0 spiro atoms. The molecule has 2 aromatic rings. The molecule has 1 aliphatic heterocycles. The van der Waals surface area contributed by atoms with Crippen LogP contribution in [0.4, 0.5) is 11.8 Å². The summed E-state index contributed by atoms with van der Waals surface area (Å²) in [5.41, 5.74) is 1.22. The van der Waals surface area contributed by atoms with Crippen LogP contribution in [0.2, 0.25) is 0 Å². The molecule has 6 nitrogen and oxygen atoms in total. The summed E-state index contributed by atoms with van der Waals surface area (Å²) in [6.45, 7) is 4.91. The molecule has 22 heavy (non-hydrogen) atoms. The van der Waals surface area contributed by atoms with Crippen LogP contribution < -0.4 is 15.0 Å². The molecule has 1 unspecified atom stereocenters. The van der Waals surface area contributed by atoms with Gasteiger partial charge < -0.3 is 15.0 Å². The highest BCUT2D eigenvalue weighted by atomic mass is 16.5. The van der Waals surface area contributed by atoms with E-state index in [1.54, 1.807) is 19.4 Å². The lowest BCUT2D eigenvalue weighted by Crippen LogP contribution is -2.24. The van der Waals surface area contributed by atoms with E-state index in [0.29, 0.717) is 11.8 Å². The van der Waals surface area contributed by atoms with Gasteiger partial charge in [0.05, 0.1) is 7.11 Å². The number of nitrogens with one attached hydrogen (secondary N) is 1. The van der Waals surface area contributed by atoms with Crippen molar-refractivity contribution in [1.29, 1.82) is 0 Å². The minimum absolute atomic E-state index is 0.567. The van der Waals surface area contributed by atoms with Crippen molar-refractivity contribution in [2.45, 2.75) is 13.3 Å². The van der Waals surface area contributed by atoms with Gasteiger partial charge in [-0.1, -0.05) is 0 Å². The van der Waals surface area contributed by atoms with Crippen molar-refractivity contribution in [3.63, 3.8) is 0 Å². The fraction of sp³-hybridized carbons (Fsp3) is 0.438. The molecule has 6 heteroatoms. The molecule has 1 N–H and O–H groups in total. The van der Waals surface area contributed by atoms with Gasteiger partial charge in [0.2, 0.25) is 11.8 Å². The number of pyridine rings is 1. The summed E-state index contributed by atoms with van der Waals surface area (Å²) in [6, 6.07) is 5.84. The van der Waals surface area contributed by atoms with Crippen LogP contribution in [-0.2, 0) is 0 Å². The molecule has 1 atom stereocenters. The molecule has 2 aromatic heterocycles. The second-order valence-corrected chi connectivity index (χ2v) is 5.60. The lowest BCUT2D eigenvalue weighted by molar-refractivity contribution is 0.397. The number of ether oxygens (including phenoxy) is 1. The lowest BCUT2D eigenvalue weighted by Gasteiger charge is -2.17. The van der Waals surface area contributed by atoms with Crippen LogP contribution >= 0.6 is 0 Å². The van der Waals surface area contributed by atoms with Crippen LogP contribution in [0, 0.1) is 12.8 Å². The summed E-state index contributed by atoms with van der Waals surface area (Å²) < 4.78 is 5.16. The van der Waals surface area contributed by atoms with E-state index >= 15 is 0 Å². The standard InChI is InChI=1S/C16H21N5O/c1-12-3-6-17-14(9-12)19-10-13-5-8-21(11-13)16-18-7-4-15(20-16)22-2/h3-4,6-7,9,13H,5,8,10-11H2,1-2H3,(H,17,19). The zero-order valence-corrected chi connectivity index (χ0v) is 13.0. The molecule has 0 radical (unpaired) electrons. The maximum Gasteiger partial charge on any atom is 0.228 e. The third-order valence-electron chi connectivity index (χ3n) is 3.88. The molecule has 3 heterocycles. The number of hydrogen-bond donors (Lipinski definition) is 1. The summed E-state index contributed by atoms with van der Waals surface area (Å²) in [5, 5.41) is 3.42. The molecule has 0 aromatic carbocycles. The van der Waals surface area contributed by atoms with Gasteiger partial charge in [-0.2, -0.15) is 4.98 Å². The first-order valence-electron chi connectivity index (χ1n) is 7.53. The maximum atomic E-state index is 5.16. The number of anilines is 2. The molecule has 116 valence electrons. The molecule has 0 aliphatic carbocycles. The van der Waals surface area contributed by atoms with Crippen molar-refractivity contribution in [2.24, 2.45) is 5.92 Å². The highest BCUT2D eigenvalue weighted by molar-refractivity contribution is 5.38. The number of aromatic nitrogens is 3. The second-order valence-electron chi connectivity index (χ2n) is 5.60. The monoisotopic (exact) mass is 299 g/mol. The van der Waals surface area contributed by atoms with Gasteiger partial charge in [0.25, 0.3) is 0 Å². The van der Waals surface area contributed by atoms with Crippen molar-refractivity contribution in [2.75, 3.05) is 37.0 Å². The van der Waals surface area contributed by atoms with Gasteiger partial charge in [-0.25, -0.2) is 9.97 Å². The van der Waals surface area contributed by atoms with Crippen LogP contribution in [0.15, 0.2) is 30.6 Å². The molecular formula is C16H21N5O. The molecule has 1 saturated heterocycles. The number of methoxy groups -OCH3 is 1. The van der Waals surface area contributed by atoms with Crippen molar-refractivity contribution in [1.82, 2.24) is 15.0 Å². The molecule has 0 bridgehead atoms. The van der Waals surface area contributed by atoms with Gasteiger partial charge in [-0.15, -0.1) is 0 Å². The molecule has 0 saturated carbocycles. The fourth-order valence-corrected chi connectivity index (χ4v) is 2.66. The van der Waals surface area contributed by atoms with E-state index in [1.807, 2.05) is 12.3 Å². The molecule has 0 amide bonds. The lowest BCUT2D eigenvalue weighted by atomic mass is 10.1. The summed E-state index contributed by atoms with van der Waals surface area (Å²) >= 11 is 0. The molecular weight excluding hydrogens is 278 g/mol. The Morgan fingerprint density at radius 3 is 3.00 bits per heavy atom. The minimum Gasteiger partial charge on any atom is -0.481 e. The first kappa shape index (κ1) is 14.6. The van der Waals surface area contributed by atoms with E-state index in [0.717, 1.165) is 37.8 Å². The van der Waals surface area contributed by atoms with Gasteiger partial charge in [-0.05, 0) is 37.0 Å². The van der Waals surface area contributed by atoms with Crippen LogP contribution in [-0.4, -0.2) is 41.7 Å². The first-order chi connectivity index (χ1) is 10.7. The summed E-state index contributed by atoms with van der Waals surface area (Å²) in [6.07, 6.45) is 4.70. The van der Waals surface area contributed by atoms with E-state index in [1.165, 1.54) is 5.56 Å². The third kappa shape index (κ3) is 3.44. The first-order valence-corrected chi connectivity index (χ1v) is 7.53. The normalized spacial score (nSPS) is 17.5. The average molecular weight is 299 g/mol. The van der Waals surface area contributed by atoms with E-state index in [2.05, 4.69) is 38.2 Å². The predicted molar refractivity (Wildman–Crippen MR) is 86.4 cm³/mol. The smallest absolute Gasteiger partial charge is 0.228 e. The Balaban J connectivity index is 1.55. The fourth-order valence-electron chi connectivity index (χ4n) is 2.66. The van der Waals surface area contributed by atoms with Crippen LogP contribution in [0.1, 0.15) is 12.0 Å². The van der Waals surface area contributed by atoms with E-state index in [-0.39, 0.29) is 0 Å². The van der Waals surface area contributed by atoms with Crippen molar-refractivity contribution >= 4 is 11.8 Å². The molecule has 3 rings (SSSR count). The Labute approximate surface area is 130 Å². The van der Waals surface area contributed by atoms with E-state index < -0.39 is 0 Å². The topological polar surface area (TPSA) is 63.2 Å². The zero-order chi connectivity index (χ0) is 15.4.